The monoisotopic (exact) mass is 408 g/mol. The summed E-state index contributed by atoms with van der Waals surface area (Å²) in [7, 11) is 0. The molecule has 0 aliphatic carbocycles. The molecule has 0 saturated carbocycles. The number of rotatable bonds is 5. The van der Waals surface area contributed by atoms with Crippen LogP contribution < -0.4 is 15.0 Å². The van der Waals surface area contributed by atoms with Crippen molar-refractivity contribution in [2.45, 2.75) is 0 Å². The van der Waals surface area contributed by atoms with Crippen LogP contribution in [0, 0.1) is 0 Å². The highest BCUT2D eigenvalue weighted by molar-refractivity contribution is 6.32. The number of anilines is 2. The number of para-hydroxylation sites is 1. The number of hydrogen-bond donors (Lipinski definition) is 1. The number of amides is 2. The van der Waals surface area contributed by atoms with Crippen LogP contribution in [0.3, 0.4) is 0 Å². The van der Waals surface area contributed by atoms with E-state index in [1.807, 2.05) is 12.1 Å². The molecule has 1 fully saturated rings. The number of hydrogen-bond acceptors (Lipinski definition) is 4. The normalized spacial score (nSPS) is 13.1. The van der Waals surface area contributed by atoms with Gasteiger partial charge >= 0.3 is 6.09 Å². The summed E-state index contributed by atoms with van der Waals surface area (Å²) in [5.74, 6) is 0.922. The number of ether oxygens (including phenoxy) is 2. The molecule has 6 nitrogen and oxygen atoms in total. The van der Waals surface area contributed by atoms with Gasteiger partial charge in [0, 0.05) is 16.9 Å². The molecule has 3 aromatic rings. The molecule has 3 aromatic carbocycles. The van der Waals surface area contributed by atoms with Crippen molar-refractivity contribution < 1.29 is 19.1 Å². The molecule has 2 amide bonds. The second-order valence-electron chi connectivity index (χ2n) is 6.32. The van der Waals surface area contributed by atoms with Gasteiger partial charge in [0.2, 0.25) is 0 Å². The van der Waals surface area contributed by atoms with Crippen LogP contribution in [0.5, 0.6) is 11.5 Å². The summed E-state index contributed by atoms with van der Waals surface area (Å²) < 4.78 is 10.7. The average Bonchev–Trinajstić information content (AvgIpc) is 3.17. The number of carbonyl (C=O) groups is 2. The smallest absolute Gasteiger partial charge is 0.414 e. The van der Waals surface area contributed by atoms with Crippen LogP contribution in [0.4, 0.5) is 16.2 Å². The zero-order valence-corrected chi connectivity index (χ0v) is 16.1. The molecule has 0 radical (unpaired) electrons. The standard InChI is InChI=1S/C22H17ClN2O4/c23-19-3-1-2-4-20(19)29-18-11-7-16(8-12-18)24-21(26)15-5-9-17(10-6-15)25-13-14-28-22(25)27/h1-12H,13-14H2,(H,24,26). The van der Waals surface area contributed by atoms with Gasteiger partial charge in [0.1, 0.15) is 18.1 Å². The SMILES string of the molecule is O=C(Nc1ccc(Oc2ccccc2Cl)cc1)c1ccc(N2CCOC2=O)cc1. The van der Waals surface area contributed by atoms with Gasteiger partial charge in [0.15, 0.2) is 0 Å². The molecule has 1 heterocycles. The Labute approximate surface area is 172 Å². The average molecular weight is 409 g/mol. The largest absolute Gasteiger partial charge is 0.456 e. The van der Waals surface area contributed by atoms with E-state index in [0.29, 0.717) is 46.6 Å². The first-order chi connectivity index (χ1) is 14.1. The Kier molecular flexibility index (Phi) is 5.35. The molecule has 1 saturated heterocycles. The van der Waals surface area contributed by atoms with E-state index in [9.17, 15) is 9.59 Å². The molecular formula is C22H17ClN2O4. The van der Waals surface area contributed by atoms with E-state index in [1.165, 1.54) is 4.90 Å². The summed E-state index contributed by atoms with van der Waals surface area (Å²) in [5.41, 5.74) is 1.82. The second kappa shape index (κ2) is 8.24. The van der Waals surface area contributed by atoms with E-state index in [4.69, 9.17) is 21.1 Å². The van der Waals surface area contributed by atoms with Gasteiger partial charge in [-0.3, -0.25) is 9.69 Å². The van der Waals surface area contributed by atoms with Gasteiger partial charge in [0.05, 0.1) is 11.6 Å². The van der Waals surface area contributed by atoms with Crippen molar-refractivity contribution in [2.75, 3.05) is 23.4 Å². The van der Waals surface area contributed by atoms with E-state index in [1.54, 1.807) is 60.7 Å². The van der Waals surface area contributed by atoms with Gasteiger partial charge in [-0.2, -0.15) is 0 Å². The lowest BCUT2D eigenvalue weighted by atomic mass is 10.1. The Morgan fingerprint density at radius 1 is 1.00 bits per heavy atom. The molecule has 1 aliphatic heterocycles. The Bertz CT molecular complexity index is 1040. The van der Waals surface area contributed by atoms with E-state index in [2.05, 4.69) is 5.32 Å². The minimum absolute atomic E-state index is 0.250. The highest BCUT2D eigenvalue weighted by Gasteiger charge is 2.23. The predicted octanol–water partition coefficient (Wildman–Crippen LogP) is 5.34. The zero-order valence-electron chi connectivity index (χ0n) is 15.3. The first-order valence-corrected chi connectivity index (χ1v) is 9.36. The van der Waals surface area contributed by atoms with Gasteiger partial charge in [-0.1, -0.05) is 23.7 Å². The fourth-order valence-electron chi connectivity index (χ4n) is 2.88. The van der Waals surface area contributed by atoms with Crippen LogP contribution >= 0.6 is 11.6 Å². The van der Waals surface area contributed by atoms with Crippen molar-refractivity contribution in [3.8, 4) is 11.5 Å². The molecule has 0 unspecified atom stereocenters. The maximum atomic E-state index is 12.5. The highest BCUT2D eigenvalue weighted by Crippen LogP contribution is 2.29. The predicted molar refractivity (Wildman–Crippen MR) is 111 cm³/mol. The molecule has 0 spiro atoms. The Hall–Kier alpha value is -3.51. The van der Waals surface area contributed by atoms with Crippen LogP contribution in [0.15, 0.2) is 72.8 Å². The lowest BCUT2D eigenvalue weighted by Crippen LogP contribution is -2.23. The van der Waals surface area contributed by atoms with Crippen molar-refractivity contribution in [1.82, 2.24) is 0 Å². The molecule has 146 valence electrons. The molecule has 29 heavy (non-hydrogen) atoms. The first kappa shape index (κ1) is 18.8. The quantitative estimate of drug-likeness (QED) is 0.618. The first-order valence-electron chi connectivity index (χ1n) is 8.98. The zero-order chi connectivity index (χ0) is 20.2. The van der Waals surface area contributed by atoms with Crippen molar-refractivity contribution in [3.63, 3.8) is 0 Å². The molecule has 0 atom stereocenters. The molecule has 0 aromatic heterocycles. The number of halogens is 1. The summed E-state index contributed by atoms with van der Waals surface area (Å²) in [6, 6.07) is 21.0. The lowest BCUT2D eigenvalue weighted by Gasteiger charge is -2.13. The number of nitrogens with zero attached hydrogens (tertiary/aromatic N) is 1. The minimum atomic E-state index is -0.374. The van der Waals surface area contributed by atoms with Crippen LogP contribution in [0.25, 0.3) is 0 Å². The van der Waals surface area contributed by atoms with Gasteiger partial charge in [-0.15, -0.1) is 0 Å². The third-order valence-electron chi connectivity index (χ3n) is 4.38. The van der Waals surface area contributed by atoms with Crippen LogP contribution in [-0.4, -0.2) is 25.2 Å². The van der Waals surface area contributed by atoms with E-state index < -0.39 is 0 Å². The summed E-state index contributed by atoms with van der Waals surface area (Å²) in [6.07, 6.45) is -0.374. The third-order valence-corrected chi connectivity index (χ3v) is 4.69. The third kappa shape index (κ3) is 4.33. The van der Waals surface area contributed by atoms with Crippen LogP contribution in [-0.2, 0) is 4.74 Å². The second-order valence-corrected chi connectivity index (χ2v) is 6.73. The lowest BCUT2D eigenvalue weighted by molar-refractivity contribution is 0.102. The number of nitrogens with one attached hydrogen (secondary N) is 1. The maximum Gasteiger partial charge on any atom is 0.414 e. The molecular weight excluding hydrogens is 392 g/mol. The molecule has 0 bridgehead atoms. The van der Waals surface area contributed by atoms with Crippen LogP contribution in [0.1, 0.15) is 10.4 Å². The fourth-order valence-corrected chi connectivity index (χ4v) is 3.06. The van der Waals surface area contributed by atoms with Crippen molar-refractivity contribution in [3.05, 3.63) is 83.4 Å². The van der Waals surface area contributed by atoms with Crippen molar-refractivity contribution in [2.24, 2.45) is 0 Å². The van der Waals surface area contributed by atoms with E-state index >= 15 is 0 Å². The summed E-state index contributed by atoms with van der Waals surface area (Å²) in [5, 5.41) is 3.36. The maximum absolute atomic E-state index is 12.5. The number of cyclic esters (lactones) is 1. The van der Waals surface area contributed by atoms with Crippen LogP contribution in [0.2, 0.25) is 5.02 Å². The van der Waals surface area contributed by atoms with Gasteiger partial charge in [0.25, 0.3) is 5.91 Å². The van der Waals surface area contributed by atoms with Gasteiger partial charge < -0.3 is 14.8 Å². The molecule has 7 heteroatoms. The van der Waals surface area contributed by atoms with Crippen molar-refractivity contribution in [1.29, 1.82) is 0 Å². The van der Waals surface area contributed by atoms with E-state index in [0.717, 1.165) is 0 Å². The fraction of sp³-hybridized carbons (Fsp3) is 0.0909. The van der Waals surface area contributed by atoms with Gasteiger partial charge in [-0.05, 0) is 60.7 Å². The van der Waals surface area contributed by atoms with Gasteiger partial charge in [-0.25, -0.2) is 4.79 Å². The molecule has 1 N–H and O–H groups in total. The van der Waals surface area contributed by atoms with E-state index in [-0.39, 0.29) is 12.0 Å². The minimum Gasteiger partial charge on any atom is -0.456 e. The Morgan fingerprint density at radius 2 is 1.72 bits per heavy atom. The van der Waals surface area contributed by atoms with Crippen molar-refractivity contribution >= 4 is 35.0 Å². The summed E-state index contributed by atoms with van der Waals surface area (Å²) in [6.45, 7) is 0.879. The number of carbonyl (C=O) groups excluding carboxylic acids is 2. The highest BCUT2D eigenvalue weighted by atomic mass is 35.5. The molecule has 4 rings (SSSR count). The Balaban J connectivity index is 1.39. The molecule has 1 aliphatic rings. The summed E-state index contributed by atoms with van der Waals surface area (Å²) >= 11 is 6.09. The number of benzene rings is 3. The Morgan fingerprint density at radius 3 is 2.38 bits per heavy atom. The topological polar surface area (TPSA) is 67.9 Å². The summed E-state index contributed by atoms with van der Waals surface area (Å²) in [4.78, 5) is 25.6.